The van der Waals surface area contributed by atoms with Gasteiger partial charge in [0.25, 0.3) is 0 Å². The van der Waals surface area contributed by atoms with Crippen molar-refractivity contribution in [2.75, 3.05) is 36.8 Å². The minimum absolute atomic E-state index is 0. The maximum absolute atomic E-state index is 12.7. The predicted octanol–water partition coefficient (Wildman–Crippen LogP) is 1.64. The topological polar surface area (TPSA) is 84.1 Å². The van der Waals surface area contributed by atoms with Crippen LogP contribution in [0.1, 0.15) is 29.5 Å². The molecule has 0 bridgehead atoms. The van der Waals surface area contributed by atoms with Crippen LogP contribution in [0.4, 0.5) is 11.6 Å². The fraction of sp³-hybridized carbons (Fsp3) is 0.353. The molecular weight excluding hydrogens is 290 g/mol. The summed E-state index contributed by atoms with van der Waals surface area (Å²) in [6.45, 7) is 5.79. The Morgan fingerprint density at radius 1 is 1.30 bits per heavy atom. The van der Waals surface area contributed by atoms with E-state index in [2.05, 4.69) is 20.2 Å². The van der Waals surface area contributed by atoms with Crippen LogP contribution in [0.25, 0.3) is 0 Å². The molecule has 0 aromatic carbocycles. The lowest BCUT2D eigenvalue weighted by atomic mass is 10.1. The molecule has 1 aliphatic heterocycles. The summed E-state index contributed by atoms with van der Waals surface area (Å²) in [4.78, 5) is 23.5. The molecule has 122 valence electrons. The Bertz CT molecular complexity index is 714. The molecule has 0 radical (unpaired) electrons. The molecule has 23 heavy (non-hydrogen) atoms. The number of rotatable bonds is 3. The molecule has 0 saturated carbocycles. The third-order valence-electron chi connectivity index (χ3n) is 4.03. The number of pyridine rings is 2. The van der Waals surface area contributed by atoms with E-state index < -0.39 is 0 Å². The van der Waals surface area contributed by atoms with Crippen molar-refractivity contribution in [2.24, 2.45) is 0 Å². The summed E-state index contributed by atoms with van der Waals surface area (Å²) < 4.78 is 0. The minimum atomic E-state index is -0.190. The number of nitrogen functional groups attached to an aromatic ring is 1. The molecule has 0 spiro atoms. The first-order valence-corrected chi connectivity index (χ1v) is 7.85. The van der Waals surface area contributed by atoms with Gasteiger partial charge in [-0.2, -0.15) is 0 Å². The fourth-order valence-corrected chi connectivity index (χ4v) is 2.77. The average molecular weight is 313 g/mol. The van der Waals surface area contributed by atoms with Crippen LogP contribution in [0, 0.1) is 6.92 Å². The number of aryl methyl sites for hydroxylation is 1. The van der Waals surface area contributed by atoms with Gasteiger partial charge in [0, 0.05) is 27.3 Å². The quantitative estimate of drug-likeness (QED) is 0.838. The van der Waals surface area contributed by atoms with Crippen molar-refractivity contribution in [2.45, 2.75) is 13.3 Å². The highest BCUT2D eigenvalue weighted by molar-refractivity contribution is 6.10. The van der Waals surface area contributed by atoms with Crippen LogP contribution in [0.5, 0.6) is 0 Å². The van der Waals surface area contributed by atoms with Crippen LogP contribution >= 0.6 is 0 Å². The second-order valence-corrected chi connectivity index (χ2v) is 5.69. The lowest BCUT2D eigenvalue weighted by molar-refractivity contribution is 0.103. The van der Waals surface area contributed by atoms with Crippen LogP contribution in [0.15, 0.2) is 30.5 Å². The summed E-state index contributed by atoms with van der Waals surface area (Å²) in [6, 6.07) is 7.09. The number of nitrogens with two attached hydrogens (primary N) is 1. The highest BCUT2D eigenvalue weighted by atomic mass is 16.1. The number of nitrogens with one attached hydrogen (secondary N) is 1. The Morgan fingerprint density at radius 3 is 3.00 bits per heavy atom. The maximum Gasteiger partial charge on any atom is 0.215 e. The Hall–Kier alpha value is -2.47. The van der Waals surface area contributed by atoms with Crippen molar-refractivity contribution in [3.63, 3.8) is 0 Å². The van der Waals surface area contributed by atoms with Gasteiger partial charge in [-0.25, -0.2) is 9.97 Å². The molecule has 3 heterocycles. The molecule has 2 aromatic heterocycles. The zero-order valence-corrected chi connectivity index (χ0v) is 13.2. The Morgan fingerprint density at radius 2 is 2.17 bits per heavy atom. The summed E-state index contributed by atoms with van der Waals surface area (Å²) in [6.07, 6.45) is 2.64. The number of hydrogen-bond acceptors (Lipinski definition) is 6. The van der Waals surface area contributed by atoms with Crippen LogP contribution < -0.4 is 16.0 Å². The first-order chi connectivity index (χ1) is 11.2. The van der Waals surface area contributed by atoms with Gasteiger partial charge in [-0.15, -0.1) is 0 Å². The molecule has 1 aliphatic rings. The van der Waals surface area contributed by atoms with E-state index in [1.165, 1.54) is 0 Å². The molecule has 3 N–H and O–H groups in total. The average Bonchev–Trinajstić information content (AvgIpc) is 2.84. The summed E-state index contributed by atoms with van der Waals surface area (Å²) in [5, 5.41) is 3.38. The molecule has 6 heteroatoms. The summed E-state index contributed by atoms with van der Waals surface area (Å²) in [5.41, 5.74) is 7.68. The van der Waals surface area contributed by atoms with Gasteiger partial charge in [-0.1, -0.05) is 6.07 Å². The Kier molecular flexibility index (Phi) is 4.52. The lowest BCUT2D eigenvalue weighted by Gasteiger charge is -2.23. The molecule has 6 nitrogen and oxygen atoms in total. The first kappa shape index (κ1) is 15.4. The number of carbonyl (C=O) groups is 1. The number of aromatic nitrogens is 2. The van der Waals surface area contributed by atoms with Crippen LogP contribution in [-0.2, 0) is 0 Å². The third-order valence-corrected chi connectivity index (χ3v) is 4.03. The van der Waals surface area contributed by atoms with Gasteiger partial charge in [-0.05, 0) is 43.7 Å². The van der Waals surface area contributed by atoms with Crippen molar-refractivity contribution in [1.82, 2.24) is 15.3 Å². The summed E-state index contributed by atoms with van der Waals surface area (Å²) >= 11 is 0. The Balaban J connectivity index is 0.00000208. The number of carbonyl (C=O) groups excluding carboxylic acids is 1. The highest BCUT2D eigenvalue weighted by Gasteiger charge is 2.18. The van der Waals surface area contributed by atoms with E-state index in [9.17, 15) is 4.79 Å². The van der Waals surface area contributed by atoms with Gasteiger partial charge in [0.2, 0.25) is 5.78 Å². The van der Waals surface area contributed by atoms with E-state index in [4.69, 9.17) is 5.73 Å². The van der Waals surface area contributed by atoms with E-state index in [1.54, 1.807) is 24.4 Å². The molecule has 1 saturated heterocycles. The number of anilines is 2. The predicted molar refractivity (Wildman–Crippen MR) is 92.9 cm³/mol. The van der Waals surface area contributed by atoms with Gasteiger partial charge in [0.15, 0.2) is 0 Å². The van der Waals surface area contributed by atoms with Crippen molar-refractivity contribution in [3.05, 3.63) is 47.3 Å². The third kappa shape index (κ3) is 3.32. The van der Waals surface area contributed by atoms with Gasteiger partial charge < -0.3 is 16.0 Å². The first-order valence-electron chi connectivity index (χ1n) is 7.85. The van der Waals surface area contributed by atoms with Gasteiger partial charge in [0.1, 0.15) is 17.3 Å². The summed E-state index contributed by atoms with van der Waals surface area (Å²) in [5.74, 6) is 0.923. The van der Waals surface area contributed by atoms with Gasteiger partial charge in [0.05, 0.1) is 5.56 Å². The van der Waals surface area contributed by atoms with Crippen molar-refractivity contribution >= 4 is 17.4 Å². The van der Waals surface area contributed by atoms with Crippen molar-refractivity contribution in [3.8, 4) is 0 Å². The van der Waals surface area contributed by atoms with Crippen LogP contribution in [-0.4, -0.2) is 41.9 Å². The molecule has 0 aliphatic carbocycles. The lowest BCUT2D eigenvalue weighted by Crippen LogP contribution is -2.29. The second-order valence-electron chi connectivity index (χ2n) is 5.69. The number of nitrogens with zero attached hydrogens (tertiary/aromatic N) is 3. The van der Waals surface area contributed by atoms with Gasteiger partial charge >= 0.3 is 0 Å². The van der Waals surface area contributed by atoms with Crippen LogP contribution in [0.2, 0.25) is 0 Å². The molecule has 3 rings (SSSR count). The van der Waals surface area contributed by atoms with E-state index in [-0.39, 0.29) is 13.0 Å². The normalized spacial score (nSPS) is 15.3. The van der Waals surface area contributed by atoms with E-state index in [0.29, 0.717) is 11.3 Å². The van der Waals surface area contributed by atoms with Crippen LogP contribution in [0.3, 0.4) is 0 Å². The fourth-order valence-electron chi connectivity index (χ4n) is 2.77. The van der Waals surface area contributed by atoms with Crippen molar-refractivity contribution < 1.29 is 6.22 Å². The zero-order chi connectivity index (χ0) is 16.2. The SMILES string of the molecule is Cc1ccc(C(=O)c2cccnc2N)nc1N1CCCNCC1.[HH]. The molecule has 2 aromatic rings. The minimum Gasteiger partial charge on any atom is -0.383 e. The zero-order valence-electron chi connectivity index (χ0n) is 13.2. The van der Waals surface area contributed by atoms with E-state index >= 15 is 0 Å². The smallest absolute Gasteiger partial charge is 0.215 e. The largest absolute Gasteiger partial charge is 0.383 e. The second kappa shape index (κ2) is 6.75. The van der Waals surface area contributed by atoms with Gasteiger partial charge in [-0.3, -0.25) is 4.79 Å². The summed E-state index contributed by atoms with van der Waals surface area (Å²) in [7, 11) is 0. The molecule has 0 unspecified atom stereocenters. The molecular formula is C17H23N5O. The Labute approximate surface area is 137 Å². The van der Waals surface area contributed by atoms with E-state index in [0.717, 1.165) is 44.0 Å². The molecule has 1 fully saturated rings. The number of hydrogen-bond donors (Lipinski definition) is 2. The van der Waals surface area contributed by atoms with E-state index in [1.807, 2.05) is 13.0 Å². The maximum atomic E-state index is 12.7. The van der Waals surface area contributed by atoms with Crippen molar-refractivity contribution in [1.29, 1.82) is 0 Å². The molecule has 0 amide bonds. The monoisotopic (exact) mass is 313 g/mol. The number of ketones is 1. The highest BCUT2D eigenvalue weighted by Crippen LogP contribution is 2.21. The standard InChI is InChI=1S/C17H21N5O.H2/c1-12-5-6-14(15(23)13-4-2-8-20-16(13)18)21-17(12)22-10-3-7-19-9-11-22;/h2,4-6,8,19H,3,7,9-11H2,1H3,(H2,18,20);1H. The molecule has 0 atom stereocenters.